The first-order valence-corrected chi connectivity index (χ1v) is 6.08. The SMILES string of the molecule is FC(F)(F)C1=CC=C2N=C(c3ccc(Cl)nc3)N=C2C1. The molecule has 3 rings (SSSR count). The highest BCUT2D eigenvalue weighted by molar-refractivity contribution is 6.29. The van der Waals surface area contributed by atoms with Gasteiger partial charge in [0.05, 0.1) is 11.4 Å². The minimum Gasteiger partial charge on any atom is -0.244 e. The minimum atomic E-state index is -4.34. The van der Waals surface area contributed by atoms with Crippen molar-refractivity contribution in [2.45, 2.75) is 12.6 Å². The first-order chi connectivity index (χ1) is 9.43. The second kappa shape index (κ2) is 4.56. The minimum absolute atomic E-state index is 0.261. The molecular formula is C13H7ClF3N3. The van der Waals surface area contributed by atoms with E-state index in [0.29, 0.717) is 28.0 Å². The average Bonchev–Trinajstić information content (AvgIpc) is 2.81. The Bertz CT molecular complexity index is 682. The highest BCUT2D eigenvalue weighted by atomic mass is 35.5. The number of nitrogens with zero attached hydrogens (tertiary/aromatic N) is 3. The van der Waals surface area contributed by atoms with E-state index >= 15 is 0 Å². The van der Waals surface area contributed by atoms with Gasteiger partial charge in [0, 0.05) is 23.8 Å². The van der Waals surface area contributed by atoms with Crippen LogP contribution >= 0.6 is 11.6 Å². The largest absolute Gasteiger partial charge is 0.413 e. The van der Waals surface area contributed by atoms with Gasteiger partial charge in [-0.3, -0.25) is 0 Å². The monoisotopic (exact) mass is 297 g/mol. The Morgan fingerprint density at radius 1 is 1.10 bits per heavy atom. The molecule has 0 radical (unpaired) electrons. The van der Waals surface area contributed by atoms with Crippen molar-refractivity contribution in [1.82, 2.24) is 4.98 Å². The zero-order valence-corrected chi connectivity index (χ0v) is 10.7. The van der Waals surface area contributed by atoms with Crippen LogP contribution in [0.15, 0.2) is 51.7 Å². The third-order valence-corrected chi connectivity index (χ3v) is 3.14. The molecule has 1 aliphatic carbocycles. The Balaban J connectivity index is 1.90. The second-order valence-electron chi connectivity index (χ2n) is 4.28. The zero-order chi connectivity index (χ0) is 14.3. The fraction of sp³-hybridized carbons (Fsp3) is 0.154. The summed E-state index contributed by atoms with van der Waals surface area (Å²) in [5, 5.41) is 0.331. The molecule has 0 unspecified atom stereocenters. The van der Waals surface area contributed by atoms with E-state index in [1.54, 1.807) is 12.1 Å². The topological polar surface area (TPSA) is 37.6 Å². The molecule has 0 bridgehead atoms. The van der Waals surface area contributed by atoms with Crippen molar-refractivity contribution in [3.8, 4) is 0 Å². The Kier molecular flexibility index (Phi) is 2.97. The quantitative estimate of drug-likeness (QED) is 0.728. The summed E-state index contributed by atoms with van der Waals surface area (Å²) in [5.74, 6) is 0.354. The van der Waals surface area contributed by atoms with Crippen LogP contribution in [-0.4, -0.2) is 22.7 Å². The Morgan fingerprint density at radius 3 is 2.55 bits per heavy atom. The van der Waals surface area contributed by atoms with E-state index in [0.717, 1.165) is 6.08 Å². The van der Waals surface area contributed by atoms with Gasteiger partial charge in [-0.15, -0.1) is 0 Å². The van der Waals surface area contributed by atoms with Gasteiger partial charge in [-0.2, -0.15) is 13.2 Å². The van der Waals surface area contributed by atoms with Gasteiger partial charge >= 0.3 is 6.18 Å². The molecule has 0 saturated carbocycles. The normalized spacial score (nSPS) is 18.0. The van der Waals surface area contributed by atoms with E-state index in [-0.39, 0.29) is 6.42 Å². The predicted molar refractivity (Wildman–Crippen MR) is 70.1 cm³/mol. The lowest BCUT2D eigenvalue weighted by molar-refractivity contribution is -0.0925. The van der Waals surface area contributed by atoms with Gasteiger partial charge < -0.3 is 0 Å². The van der Waals surface area contributed by atoms with Gasteiger partial charge in [-0.1, -0.05) is 17.7 Å². The van der Waals surface area contributed by atoms with Crippen LogP contribution in [-0.2, 0) is 0 Å². The summed E-state index contributed by atoms with van der Waals surface area (Å²) in [5.41, 5.74) is 0.782. The van der Waals surface area contributed by atoms with Crippen LogP contribution in [0.5, 0.6) is 0 Å². The summed E-state index contributed by atoms with van der Waals surface area (Å²) >= 11 is 5.68. The summed E-state index contributed by atoms with van der Waals surface area (Å²) in [6, 6.07) is 3.25. The van der Waals surface area contributed by atoms with E-state index in [2.05, 4.69) is 15.0 Å². The molecule has 1 aliphatic heterocycles. The van der Waals surface area contributed by atoms with E-state index in [1.807, 2.05) is 0 Å². The van der Waals surface area contributed by atoms with Crippen molar-refractivity contribution < 1.29 is 13.2 Å². The molecule has 7 heteroatoms. The number of aliphatic imine (C=N–C) groups is 2. The summed E-state index contributed by atoms with van der Waals surface area (Å²) < 4.78 is 37.9. The summed E-state index contributed by atoms with van der Waals surface area (Å²) in [6.07, 6.45) is -0.734. The molecule has 0 saturated heterocycles. The molecule has 1 aromatic rings. The van der Waals surface area contributed by atoms with E-state index < -0.39 is 11.7 Å². The first-order valence-electron chi connectivity index (χ1n) is 5.70. The predicted octanol–water partition coefficient (Wildman–Crippen LogP) is 3.71. The Hall–Kier alpha value is -1.95. The summed E-state index contributed by atoms with van der Waals surface area (Å²) in [4.78, 5) is 12.3. The average molecular weight is 298 g/mol. The lowest BCUT2D eigenvalue weighted by Crippen LogP contribution is -2.17. The second-order valence-corrected chi connectivity index (χ2v) is 4.67. The van der Waals surface area contributed by atoms with Gasteiger partial charge in [-0.25, -0.2) is 15.0 Å². The number of fused-ring (bicyclic) bond motifs is 1. The molecule has 102 valence electrons. The van der Waals surface area contributed by atoms with Crippen LogP contribution in [0.4, 0.5) is 13.2 Å². The van der Waals surface area contributed by atoms with Crippen LogP contribution in [0, 0.1) is 0 Å². The number of aromatic nitrogens is 1. The molecule has 0 N–H and O–H groups in total. The van der Waals surface area contributed by atoms with Gasteiger partial charge in [0.25, 0.3) is 0 Å². The van der Waals surface area contributed by atoms with Gasteiger partial charge in [-0.05, 0) is 18.2 Å². The number of pyridine rings is 1. The lowest BCUT2D eigenvalue weighted by Gasteiger charge is -2.14. The van der Waals surface area contributed by atoms with Crippen molar-refractivity contribution >= 4 is 23.1 Å². The van der Waals surface area contributed by atoms with Crippen molar-refractivity contribution in [3.05, 3.63) is 52.5 Å². The number of halogens is 4. The number of amidine groups is 1. The molecule has 0 spiro atoms. The maximum atomic E-state index is 12.6. The number of rotatable bonds is 1. The molecule has 2 heterocycles. The molecule has 1 aromatic heterocycles. The number of hydrogen-bond donors (Lipinski definition) is 0. The van der Waals surface area contributed by atoms with Crippen molar-refractivity contribution in [2.24, 2.45) is 9.98 Å². The van der Waals surface area contributed by atoms with E-state index in [1.165, 1.54) is 12.3 Å². The van der Waals surface area contributed by atoms with Crippen molar-refractivity contribution in [2.75, 3.05) is 0 Å². The van der Waals surface area contributed by atoms with Crippen LogP contribution in [0.25, 0.3) is 0 Å². The maximum absolute atomic E-state index is 12.6. The maximum Gasteiger partial charge on any atom is 0.413 e. The standard InChI is InChI=1S/C13H7ClF3N3/c14-11-4-1-7(6-18-11)12-19-9-3-2-8(13(15,16)17)5-10(9)20-12/h1-4,6H,5H2. The molecule has 0 atom stereocenters. The third kappa shape index (κ3) is 2.38. The van der Waals surface area contributed by atoms with Crippen LogP contribution in [0.1, 0.15) is 12.0 Å². The van der Waals surface area contributed by atoms with Crippen LogP contribution in [0.3, 0.4) is 0 Å². The molecule has 0 amide bonds. The smallest absolute Gasteiger partial charge is 0.244 e. The van der Waals surface area contributed by atoms with Crippen LogP contribution < -0.4 is 0 Å². The molecule has 20 heavy (non-hydrogen) atoms. The molecule has 0 fully saturated rings. The zero-order valence-electron chi connectivity index (χ0n) is 9.95. The Morgan fingerprint density at radius 2 is 1.90 bits per heavy atom. The third-order valence-electron chi connectivity index (χ3n) is 2.91. The first kappa shape index (κ1) is 13.1. The van der Waals surface area contributed by atoms with E-state index in [4.69, 9.17) is 11.6 Å². The number of allylic oxidation sites excluding steroid dienone is 4. The summed E-state index contributed by atoms with van der Waals surface area (Å²) in [7, 11) is 0. The Labute approximate surface area is 117 Å². The fourth-order valence-electron chi connectivity index (χ4n) is 1.90. The number of alkyl halides is 3. The van der Waals surface area contributed by atoms with Crippen molar-refractivity contribution in [3.63, 3.8) is 0 Å². The molecule has 2 aliphatic rings. The lowest BCUT2D eigenvalue weighted by atomic mass is 10.0. The molecular weight excluding hydrogens is 291 g/mol. The van der Waals surface area contributed by atoms with Gasteiger partial charge in [0.2, 0.25) is 0 Å². The molecule has 3 nitrogen and oxygen atoms in total. The highest BCUT2D eigenvalue weighted by Crippen LogP contribution is 2.33. The van der Waals surface area contributed by atoms with Gasteiger partial charge in [0.15, 0.2) is 5.84 Å². The number of hydrogen-bond acceptors (Lipinski definition) is 3. The van der Waals surface area contributed by atoms with E-state index in [9.17, 15) is 13.2 Å². The van der Waals surface area contributed by atoms with Crippen molar-refractivity contribution in [1.29, 1.82) is 0 Å². The molecule has 0 aromatic carbocycles. The van der Waals surface area contributed by atoms with Gasteiger partial charge in [0.1, 0.15) is 5.15 Å². The fourth-order valence-corrected chi connectivity index (χ4v) is 2.01. The highest BCUT2D eigenvalue weighted by Gasteiger charge is 2.36. The van der Waals surface area contributed by atoms with Crippen LogP contribution in [0.2, 0.25) is 5.15 Å². The summed E-state index contributed by atoms with van der Waals surface area (Å²) in [6.45, 7) is 0.